The summed E-state index contributed by atoms with van der Waals surface area (Å²) in [5, 5.41) is 133. The minimum atomic E-state index is -2.00. The Morgan fingerprint density at radius 3 is 1.68 bits per heavy atom. The number of aliphatic hydroxyl groups is 11. The normalized spacial score (nSPS) is 32.9. The van der Waals surface area contributed by atoms with Crippen LogP contribution in [0.25, 0.3) is 28.4 Å². The Hall–Kier alpha value is -5.48. The van der Waals surface area contributed by atoms with E-state index >= 15 is 0 Å². The third-order valence-electron chi connectivity index (χ3n) is 10.8. The molecule has 13 N–H and O–H groups in total. The third-order valence-corrected chi connectivity index (χ3v) is 10.8. The van der Waals surface area contributed by atoms with Crippen LogP contribution in [-0.4, -0.2) is 184 Å². The third kappa shape index (κ3) is 9.89. The minimum Gasteiger partial charge on any atom is -0.508 e. The van der Waals surface area contributed by atoms with Gasteiger partial charge in [-0.1, -0.05) is 12.1 Å². The lowest BCUT2D eigenvalue weighted by atomic mass is 9.99. The second kappa shape index (κ2) is 19.9. The second-order valence-corrected chi connectivity index (χ2v) is 15.2. The first kappa shape index (κ1) is 47.5. The van der Waals surface area contributed by atoms with Gasteiger partial charge in [-0.15, -0.1) is 0 Å². The van der Waals surface area contributed by atoms with Crippen LogP contribution in [0.1, 0.15) is 5.56 Å². The quantitative estimate of drug-likeness (QED) is 0.0461. The van der Waals surface area contributed by atoms with Gasteiger partial charge in [0.1, 0.15) is 101 Å². The van der Waals surface area contributed by atoms with Gasteiger partial charge in [0.2, 0.25) is 30.0 Å². The highest BCUT2D eigenvalue weighted by Crippen LogP contribution is 2.39. The van der Waals surface area contributed by atoms with E-state index in [1.807, 2.05) is 0 Å². The molecule has 23 heteroatoms. The number of fused-ring (bicyclic) bond motifs is 1. The maximum atomic E-state index is 14.5. The van der Waals surface area contributed by atoms with E-state index < -0.39 is 152 Å². The Bertz CT molecular complexity index is 2350. The van der Waals surface area contributed by atoms with Crippen molar-refractivity contribution >= 4 is 23.0 Å². The van der Waals surface area contributed by atoms with Gasteiger partial charge in [0.25, 0.3) is 0 Å². The van der Waals surface area contributed by atoms with Gasteiger partial charge in [-0.05, 0) is 48.0 Å². The highest BCUT2D eigenvalue weighted by Gasteiger charge is 2.49. The van der Waals surface area contributed by atoms with Crippen molar-refractivity contribution in [2.75, 3.05) is 19.8 Å². The number of hydrogen-bond donors (Lipinski definition) is 13. The lowest BCUT2D eigenvalue weighted by molar-refractivity contribution is -0.281. The number of carbonyl (C=O) groups is 1. The predicted octanol–water partition coefficient (Wildman–Crippen LogP) is -3.33. The molecule has 3 aliphatic rings. The number of aliphatic hydroxyl groups excluding tert-OH is 11. The fourth-order valence-corrected chi connectivity index (χ4v) is 7.22. The molecule has 3 aromatic carbocycles. The average Bonchev–Trinajstić information content (AvgIpc) is 3.29. The summed E-state index contributed by atoms with van der Waals surface area (Å²) in [5.41, 5.74) is -1.07. The van der Waals surface area contributed by atoms with E-state index in [0.29, 0.717) is 5.56 Å². The zero-order valence-electron chi connectivity index (χ0n) is 33.6. The molecule has 0 saturated carbocycles. The molecule has 0 aliphatic carbocycles. The van der Waals surface area contributed by atoms with E-state index in [9.17, 15) is 76.0 Å². The summed E-state index contributed by atoms with van der Waals surface area (Å²) < 4.78 is 45.5. The summed E-state index contributed by atoms with van der Waals surface area (Å²) in [6, 6.07) is 12.8. The number of esters is 1. The Labute approximate surface area is 365 Å². The van der Waals surface area contributed by atoms with E-state index in [1.165, 1.54) is 54.6 Å². The summed E-state index contributed by atoms with van der Waals surface area (Å²) in [7, 11) is 0. The fraction of sp³-hybridized carbons (Fsp3) is 0.429. The first-order chi connectivity index (χ1) is 31.0. The Balaban J connectivity index is 1.27. The summed E-state index contributed by atoms with van der Waals surface area (Å²) >= 11 is 0. The first-order valence-electron chi connectivity index (χ1n) is 19.9. The standard InChI is InChI=1S/C42H46O23/c43-13-23-28(49)32(53)35(56)40(61-23)58-19-8-4-17(5-9-19)37-38(31(52)27-21(47)11-20(12-22(27)60-37)59-41-36(57)33(54)29(50)24(14-44)62-41)65-42-39(34(55)30(51)25(15-45)63-42)64-26(48)10-3-16-1-6-18(46)7-2-16/h1-12,23-25,28-30,32-36,39-47,49-51,53-57H,13-15H2/b10-3+/t23-,24-,25-,28-,29-,30-,32+,33+,34+,35-,36-,39-,40-,41-,42+/m1/s1. The van der Waals surface area contributed by atoms with E-state index in [0.717, 1.165) is 18.2 Å². The number of hydrogen-bond acceptors (Lipinski definition) is 23. The van der Waals surface area contributed by atoms with Crippen molar-refractivity contribution in [1.82, 2.24) is 0 Å². The Kier molecular flexibility index (Phi) is 14.6. The Morgan fingerprint density at radius 1 is 0.600 bits per heavy atom. The zero-order chi connectivity index (χ0) is 46.9. The van der Waals surface area contributed by atoms with Crippen molar-refractivity contribution < 1.29 is 109 Å². The van der Waals surface area contributed by atoms with E-state index in [4.69, 9.17) is 37.6 Å². The van der Waals surface area contributed by atoms with Crippen molar-refractivity contribution in [3.05, 3.63) is 82.5 Å². The maximum absolute atomic E-state index is 14.5. The number of phenolic OH excluding ortho intramolecular Hbond substituents is 2. The number of benzene rings is 3. The highest BCUT2D eigenvalue weighted by molar-refractivity contribution is 5.89. The van der Waals surface area contributed by atoms with Gasteiger partial charge in [0, 0.05) is 23.8 Å². The topological polar surface area (TPSA) is 375 Å². The van der Waals surface area contributed by atoms with E-state index in [1.54, 1.807) is 0 Å². The molecule has 7 rings (SSSR count). The van der Waals surface area contributed by atoms with Crippen molar-refractivity contribution in [3.8, 4) is 40.1 Å². The molecule has 0 unspecified atom stereocenters. The number of rotatable bonds is 13. The van der Waals surface area contributed by atoms with Crippen molar-refractivity contribution in [1.29, 1.82) is 0 Å². The van der Waals surface area contributed by atoms with Gasteiger partial charge in [0.05, 0.1) is 19.8 Å². The molecule has 15 atom stereocenters. The largest absolute Gasteiger partial charge is 0.508 e. The van der Waals surface area contributed by atoms with Gasteiger partial charge in [0.15, 0.2) is 11.9 Å². The average molecular weight is 919 g/mol. The van der Waals surface area contributed by atoms with Crippen molar-refractivity contribution in [2.24, 2.45) is 0 Å². The number of carbonyl (C=O) groups excluding carboxylic acids is 1. The predicted molar refractivity (Wildman–Crippen MR) is 214 cm³/mol. The smallest absolute Gasteiger partial charge is 0.331 e. The first-order valence-corrected chi connectivity index (χ1v) is 19.9. The molecule has 0 bridgehead atoms. The molecule has 352 valence electrons. The van der Waals surface area contributed by atoms with Crippen LogP contribution in [-0.2, 0) is 23.7 Å². The van der Waals surface area contributed by atoms with Gasteiger partial charge >= 0.3 is 5.97 Å². The van der Waals surface area contributed by atoms with Crippen LogP contribution in [0.15, 0.2) is 76.0 Å². The van der Waals surface area contributed by atoms with Gasteiger partial charge in [-0.3, -0.25) is 4.79 Å². The van der Waals surface area contributed by atoms with Crippen LogP contribution in [0.5, 0.6) is 28.7 Å². The molecule has 4 heterocycles. The monoisotopic (exact) mass is 918 g/mol. The summed E-state index contributed by atoms with van der Waals surface area (Å²) in [5.74, 6) is -3.51. The van der Waals surface area contributed by atoms with Crippen LogP contribution in [0.4, 0.5) is 0 Å². The number of ether oxygens (including phenoxy) is 7. The lowest BCUT2D eigenvalue weighted by Gasteiger charge is -2.41. The molecule has 0 radical (unpaired) electrons. The molecule has 3 saturated heterocycles. The molecule has 4 aromatic rings. The number of phenols is 2. The summed E-state index contributed by atoms with van der Waals surface area (Å²) in [4.78, 5) is 27.6. The lowest BCUT2D eigenvalue weighted by Crippen LogP contribution is -2.61. The van der Waals surface area contributed by atoms with E-state index in [-0.39, 0.29) is 22.8 Å². The summed E-state index contributed by atoms with van der Waals surface area (Å²) in [6.07, 6.45) is -23.6. The van der Waals surface area contributed by atoms with Crippen LogP contribution in [0, 0.1) is 0 Å². The van der Waals surface area contributed by atoms with Crippen molar-refractivity contribution in [3.63, 3.8) is 0 Å². The minimum absolute atomic E-state index is 0.000347. The highest BCUT2D eigenvalue weighted by atomic mass is 16.7. The SMILES string of the molecule is O=C(/C=C/c1ccc(O)cc1)O[C@H]1[C@H](Oc2c(-c3ccc(O[C@@H]4O[C@H](CO)[C@@H](O)[C@H](O)[C@H]4O)cc3)oc3cc(O[C@@H]4O[C@H](CO)[C@@H](O)[C@H](O)[C@H]4O)cc(O)c3c2=O)O[C@H](CO)[C@@H](O)[C@@H]1O. The number of aromatic hydroxyl groups is 2. The van der Waals surface area contributed by atoms with Gasteiger partial charge in [-0.25, -0.2) is 4.79 Å². The van der Waals surface area contributed by atoms with Crippen LogP contribution < -0.4 is 19.6 Å². The molecular formula is C42H46O23. The molecule has 0 spiro atoms. The molecule has 3 aliphatic heterocycles. The van der Waals surface area contributed by atoms with Gasteiger partial charge < -0.3 is 104 Å². The van der Waals surface area contributed by atoms with Crippen LogP contribution in [0.3, 0.4) is 0 Å². The summed E-state index contributed by atoms with van der Waals surface area (Å²) in [6.45, 7) is -2.40. The molecule has 23 nitrogen and oxygen atoms in total. The molecule has 1 aromatic heterocycles. The second-order valence-electron chi connectivity index (χ2n) is 15.2. The van der Waals surface area contributed by atoms with Crippen LogP contribution >= 0.6 is 0 Å². The van der Waals surface area contributed by atoms with Crippen molar-refractivity contribution in [2.45, 2.75) is 92.1 Å². The molecule has 3 fully saturated rings. The molecule has 65 heavy (non-hydrogen) atoms. The fourth-order valence-electron chi connectivity index (χ4n) is 7.22. The van der Waals surface area contributed by atoms with E-state index in [2.05, 4.69) is 0 Å². The molecule has 0 amide bonds. The maximum Gasteiger partial charge on any atom is 0.331 e. The molecular weight excluding hydrogens is 872 g/mol. The van der Waals surface area contributed by atoms with Gasteiger partial charge in [-0.2, -0.15) is 0 Å². The Morgan fingerprint density at radius 2 is 1.12 bits per heavy atom. The van der Waals surface area contributed by atoms with Crippen LogP contribution in [0.2, 0.25) is 0 Å². The zero-order valence-corrected chi connectivity index (χ0v) is 33.6.